The molecule has 1 aliphatic heterocycles. The number of amides is 1. The summed E-state index contributed by atoms with van der Waals surface area (Å²) in [5.74, 6) is -0.0344. The number of rotatable bonds is 3. The number of H-pyrrole nitrogens is 1. The summed E-state index contributed by atoms with van der Waals surface area (Å²) >= 11 is 0. The Labute approximate surface area is 138 Å². The van der Waals surface area contributed by atoms with E-state index in [4.69, 9.17) is 4.74 Å². The van der Waals surface area contributed by atoms with Gasteiger partial charge in [-0.2, -0.15) is 5.10 Å². The van der Waals surface area contributed by atoms with Gasteiger partial charge in [-0.25, -0.2) is 0 Å². The first-order valence-corrected chi connectivity index (χ1v) is 7.66. The van der Waals surface area contributed by atoms with Crippen LogP contribution in [-0.4, -0.2) is 55.5 Å². The van der Waals surface area contributed by atoms with Gasteiger partial charge in [0.05, 0.1) is 24.9 Å². The summed E-state index contributed by atoms with van der Waals surface area (Å²) in [7, 11) is 0. The number of morpholine rings is 1. The van der Waals surface area contributed by atoms with Crippen LogP contribution in [0.15, 0.2) is 49.2 Å². The zero-order chi connectivity index (χ0) is 16.4. The van der Waals surface area contributed by atoms with Gasteiger partial charge in [-0.1, -0.05) is 6.07 Å². The summed E-state index contributed by atoms with van der Waals surface area (Å²) in [5, 5.41) is 14.5. The van der Waals surface area contributed by atoms with Gasteiger partial charge >= 0.3 is 0 Å². The lowest BCUT2D eigenvalue weighted by atomic mass is 10.1. The van der Waals surface area contributed by atoms with Gasteiger partial charge in [0, 0.05) is 24.0 Å². The van der Waals surface area contributed by atoms with Crippen molar-refractivity contribution in [2.45, 2.75) is 6.04 Å². The van der Waals surface area contributed by atoms with Crippen molar-refractivity contribution in [2.75, 3.05) is 19.8 Å². The van der Waals surface area contributed by atoms with Crippen molar-refractivity contribution in [1.29, 1.82) is 0 Å². The molecule has 0 saturated carbocycles. The average molecular weight is 324 g/mol. The fraction of sp³-hybridized carbons (Fsp3) is 0.250. The molecule has 1 fully saturated rings. The molecule has 4 rings (SSSR count). The van der Waals surface area contributed by atoms with E-state index in [1.165, 1.54) is 0 Å². The minimum atomic E-state index is -0.160. The van der Waals surface area contributed by atoms with Gasteiger partial charge in [-0.05, 0) is 24.3 Å². The molecule has 1 aromatic carbocycles. The Bertz CT molecular complexity index is 815. The predicted octanol–water partition coefficient (Wildman–Crippen LogP) is 1.20. The number of aromatic nitrogens is 5. The topological polar surface area (TPSA) is 88.9 Å². The Morgan fingerprint density at radius 3 is 2.92 bits per heavy atom. The number of carbonyl (C=O) groups excluding carboxylic acids is 1. The highest BCUT2D eigenvalue weighted by Gasteiger charge is 2.30. The average Bonchev–Trinajstić information content (AvgIpc) is 3.35. The first-order chi connectivity index (χ1) is 11.8. The van der Waals surface area contributed by atoms with Crippen LogP contribution in [0.3, 0.4) is 0 Å². The molecule has 1 N–H and O–H groups in total. The lowest BCUT2D eigenvalue weighted by Crippen LogP contribution is -2.43. The van der Waals surface area contributed by atoms with Crippen LogP contribution in [0, 0.1) is 0 Å². The van der Waals surface area contributed by atoms with Crippen LogP contribution in [0.5, 0.6) is 0 Å². The molecule has 1 saturated heterocycles. The summed E-state index contributed by atoms with van der Waals surface area (Å²) in [5.41, 5.74) is 2.34. The maximum atomic E-state index is 13.0. The highest BCUT2D eigenvalue weighted by Crippen LogP contribution is 2.25. The number of nitrogens with zero attached hydrogens (tertiary/aromatic N) is 5. The molecule has 8 nitrogen and oxygen atoms in total. The number of benzene rings is 1. The van der Waals surface area contributed by atoms with Crippen LogP contribution in [0.1, 0.15) is 22.1 Å². The van der Waals surface area contributed by atoms with E-state index in [2.05, 4.69) is 20.4 Å². The molecule has 0 spiro atoms. The third-order valence-electron chi connectivity index (χ3n) is 4.08. The summed E-state index contributed by atoms with van der Waals surface area (Å²) in [6.07, 6.45) is 4.89. The monoisotopic (exact) mass is 324 g/mol. The van der Waals surface area contributed by atoms with E-state index in [-0.39, 0.29) is 11.9 Å². The lowest BCUT2D eigenvalue weighted by molar-refractivity contribution is -0.00391. The standard InChI is InChI=1S/C16H16N6O2/c23-16(12-2-1-3-13(8-12)21-10-18-19-11-21)22-6-7-24-9-15(22)14-4-5-17-20-14/h1-5,8,10-11,15H,6-7,9H2,(H,17,20). The largest absolute Gasteiger partial charge is 0.377 e. The minimum absolute atomic E-state index is 0.0344. The summed E-state index contributed by atoms with van der Waals surface area (Å²) in [4.78, 5) is 14.8. The Morgan fingerprint density at radius 1 is 1.25 bits per heavy atom. The van der Waals surface area contributed by atoms with Crippen LogP contribution < -0.4 is 0 Å². The maximum absolute atomic E-state index is 13.0. The SMILES string of the molecule is O=C(c1cccc(-n2cnnc2)c1)N1CCOCC1c1ccn[nH]1. The van der Waals surface area contributed by atoms with E-state index in [0.29, 0.717) is 25.3 Å². The lowest BCUT2D eigenvalue weighted by Gasteiger charge is -2.35. The highest BCUT2D eigenvalue weighted by atomic mass is 16.5. The second-order valence-corrected chi connectivity index (χ2v) is 5.52. The number of ether oxygens (including phenoxy) is 1. The van der Waals surface area contributed by atoms with Gasteiger partial charge in [0.25, 0.3) is 5.91 Å². The van der Waals surface area contributed by atoms with E-state index < -0.39 is 0 Å². The van der Waals surface area contributed by atoms with Crippen molar-refractivity contribution >= 4 is 5.91 Å². The molecule has 2 aromatic heterocycles. The van der Waals surface area contributed by atoms with Crippen molar-refractivity contribution in [3.8, 4) is 5.69 Å². The van der Waals surface area contributed by atoms with Gasteiger partial charge in [-0.3, -0.25) is 14.5 Å². The van der Waals surface area contributed by atoms with Gasteiger partial charge < -0.3 is 9.64 Å². The first kappa shape index (κ1) is 14.6. The zero-order valence-corrected chi connectivity index (χ0v) is 12.9. The number of carbonyl (C=O) groups is 1. The molecule has 1 atom stereocenters. The molecular weight excluding hydrogens is 308 g/mol. The molecule has 3 aromatic rings. The number of nitrogens with one attached hydrogen (secondary N) is 1. The second kappa shape index (κ2) is 6.25. The smallest absolute Gasteiger partial charge is 0.254 e. The highest BCUT2D eigenvalue weighted by molar-refractivity contribution is 5.95. The predicted molar refractivity (Wildman–Crippen MR) is 84.5 cm³/mol. The zero-order valence-electron chi connectivity index (χ0n) is 12.9. The molecule has 8 heteroatoms. The molecule has 0 bridgehead atoms. The molecule has 1 aliphatic rings. The first-order valence-electron chi connectivity index (χ1n) is 7.66. The van der Waals surface area contributed by atoms with Crippen LogP contribution in [0.25, 0.3) is 5.69 Å². The second-order valence-electron chi connectivity index (χ2n) is 5.52. The van der Waals surface area contributed by atoms with Crippen molar-refractivity contribution < 1.29 is 9.53 Å². The quantitative estimate of drug-likeness (QED) is 0.782. The fourth-order valence-corrected chi connectivity index (χ4v) is 2.86. The van der Waals surface area contributed by atoms with E-state index in [9.17, 15) is 4.79 Å². The van der Waals surface area contributed by atoms with Crippen LogP contribution >= 0.6 is 0 Å². The van der Waals surface area contributed by atoms with Gasteiger partial charge in [0.1, 0.15) is 12.7 Å². The minimum Gasteiger partial charge on any atom is -0.377 e. The van der Waals surface area contributed by atoms with Crippen LogP contribution in [0.4, 0.5) is 0 Å². The molecule has 122 valence electrons. The summed E-state index contributed by atoms with van der Waals surface area (Å²) in [6, 6.07) is 9.13. The molecular formula is C16H16N6O2. The van der Waals surface area contributed by atoms with Crippen LogP contribution in [-0.2, 0) is 4.74 Å². The van der Waals surface area contributed by atoms with Gasteiger partial charge in [0.15, 0.2) is 0 Å². The molecule has 0 radical (unpaired) electrons. The third kappa shape index (κ3) is 2.67. The van der Waals surface area contributed by atoms with Gasteiger partial charge in [-0.15, -0.1) is 10.2 Å². The summed E-state index contributed by atoms with van der Waals surface area (Å²) < 4.78 is 7.31. The maximum Gasteiger partial charge on any atom is 0.254 e. The van der Waals surface area contributed by atoms with Crippen molar-refractivity contribution in [3.05, 3.63) is 60.4 Å². The molecule has 1 unspecified atom stereocenters. The normalized spacial score (nSPS) is 17.8. The third-order valence-corrected chi connectivity index (χ3v) is 4.08. The van der Waals surface area contributed by atoms with Crippen LogP contribution in [0.2, 0.25) is 0 Å². The van der Waals surface area contributed by atoms with Crippen molar-refractivity contribution in [3.63, 3.8) is 0 Å². The van der Waals surface area contributed by atoms with Crippen molar-refractivity contribution in [2.24, 2.45) is 0 Å². The molecule has 0 aliphatic carbocycles. The molecule has 3 heterocycles. The van der Waals surface area contributed by atoms with E-state index >= 15 is 0 Å². The number of aromatic amines is 1. The summed E-state index contributed by atoms with van der Waals surface area (Å²) in [6.45, 7) is 1.53. The van der Waals surface area contributed by atoms with Gasteiger partial charge in [0.2, 0.25) is 0 Å². The Kier molecular flexibility index (Phi) is 3.80. The van der Waals surface area contributed by atoms with E-state index in [0.717, 1.165) is 11.4 Å². The van der Waals surface area contributed by atoms with Crippen molar-refractivity contribution in [1.82, 2.24) is 29.9 Å². The number of hydrogen-bond donors (Lipinski definition) is 1. The Hall–Kier alpha value is -3.00. The number of hydrogen-bond acceptors (Lipinski definition) is 5. The fourth-order valence-electron chi connectivity index (χ4n) is 2.86. The van der Waals surface area contributed by atoms with E-state index in [1.54, 1.807) is 23.4 Å². The van der Waals surface area contributed by atoms with E-state index in [1.807, 2.05) is 35.2 Å². The Morgan fingerprint density at radius 2 is 2.12 bits per heavy atom. The molecule has 1 amide bonds. The Balaban J connectivity index is 1.63. The molecule has 24 heavy (non-hydrogen) atoms.